The monoisotopic (exact) mass is 315 g/mol. The molecule has 5 nitrogen and oxygen atoms in total. The third-order valence-corrected chi connectivity index (χ3v) is 3.30. The van der Waals surface area contributed by atoms with Crippen LogP contribution in [0.5, 0.6) is 5.75 Å². The third kappa shape index (κ3) is 3.09. The van der Waals surface area contributed by atoms with E-state index < -0.39 is 0 Å². The molecule has 0 unspecified atom stereocenters. The molecule has 2 heterocycles. The van der Waals surface area contributed by atoms with Crippen LogP contribution in [0.25, 0.3) is 11.5 Å². The van der Waals surface area contributed by atoms with Crippen molar-refractivity contribution >= 4 is 11.6 Å². The van der Waals surface area contributed by atoms with Crippen LogP contribution in [0.15, 0.2) is 40.8 Å². The minimum atomic E-state index is 0.362. The summed E-state index contributed by atoms with van der Waals surface area (Å²) in [5, 5.41) is 8.26. The van der Waals surface area contributed by atoms with Gasteiger partial charge in [-0.1, -0.05) is 41.9 Å². The second-order valence-corrected chi connectivity index (χ2v) is 5.19. The average molecular weight is 316 g/mol. The molecule has 0 aliphatic heterocycles. The lowest BCUT2D eigenvalue weighted by Crippen LogP contribution is -2.00. The molecule has 0 saturated heterocycles. The van der Waals surface area contributed by atoms with Gasteiger partial charge >= 0.3 is 0 Å². The maximum Gasteiger partial charge on any atom is 0.253 e. The van der Waals surface area contributed by atoms with Gasteiger partial charge in [-0.2, -0.15) is 0 Å². The van der Waals surface area contributed by atoms with Gasteiger partial charge in [0.1, 0.15) is 23.1 Å². The largest absolute Gasteiger partial charge is 0.488 e. The van der Waals surface area contributed by atoms with Crippen LogP contribution >= 0.6 is 11.6 Å². The highest BCUT2D eigenvalue weighted by Crippen LogP contribution is 2.33. The van der Waals surface area contributed by atoms with E-state index >= 15 is 0 Å². The molecule has 0 aliphatic carbocycles. The summed E-state index contributed by atoms with van der Waals surface area (Å²) >= 11 is 6.04. The van der Waals surface area contributed by atoms with Gasteiger partial charge in [0.05, 0.1) is 5.69 Å². The summed E-state index contributed by atoms with van der Waals surface area (Å²) in [6.07, 6.45) is 0. The summed E-state index contributed by atoms with van der Waals surface area (Å²) < 4.78 is 11.4. The zero-order valence-corrected chi connectivity index (χ0v) is 13.0. The van der Waals surface area contributed by atoms with Crippen LogP contribution in [0.2, 0.25) is 5.15 Å². The van der Waals surface area contributed by atoms with Crippen molar-refractivity contribution in [2.45, 2.75) is 20.5 Å². The first-order chi connectivity index (χ1) is 10.6. The van der Waals surface area contributed by atoms with Gasteiger partial charge in [-0.05, 0) is 12.5 Å². The summed E-state index contributed by atoms with van der Waals surface area (Å²) in [4.78, 5) is 4.23. The van der Waals surface area contributed by atoms with E-state index in [1.165, 1.54) is 0 Å². The molecule has 0 bridgehead atoms. The van der Waals surface area contributed by atoms with Gasteiger partial charge in [-0.3, -0.25) is 0 Å². The molecule has 22 heavy (non-hydrogen) atoms. The van der Waals surface area contributed by atoms with Gasteiger partial charge in [0.15, 0.2) is 0 Å². The Labute approximate surface area is 132 Å². The van der Waals surface area contributed by atoms with Crippen LogP contribution in [0.1, 0.15) is 17.1 Å². The molecular formula is C16H14ClN3O2. The summed E-state index contributed by atoms with van der Waals surface area (Å²) in [6, 6.07) is 11.5. The van der Waals surface area contributed by atoms with E-state index in [-0.39, 0.29) is 0 Å². The fraction of sp³-hybridized carbons (Fsp3) is 0.188. The first-order valence-corrected chi connectivity index (χ1v) is 7.15. The van der Waals surface area contributed by atoms with E-state index in [0.717, 1.165) is 5.56 Å². The molecule has 112 valence electrons. The van der Waals surface area contributed by atoms with Crippen molar-refractivity contribution in [2.75, 3.05) is 0 Å². The number of rotatable bonds is 4. The Morgan fingerprint density at radius 3 is 2.59 bits per heavy atom. The summed E-state index contributed by atoms with van der Waals surface area (Å²) in [6.45, 7) is 3.98. The van der Waals surface area contributed by atoms with Crippen LogP contribution < -0.4 is 4.74 Å². The summed E-state index contributed by atoms with van der Waals surface area (Å²) in [7, 11) is 0. The first-order valence-electron chi connectivity index (χ1n) is 6.78. The number of nitrogens with zero attached hydrogens (tertiary/aromatic N) is 3. The lowest BCUT2D eigenvalue weighted by molar-refractivity contribution is 0.306. The third-order valence-electron chi connectivity index (χ3n) is 3.11. The molecule has 3 rings (SSSR count). The predicted octanol–water partition coefficient (Wildman–Crippen LogP) is 3.98. The molecule has 0 saturated carbocycles. The van der Waals surface area contributed by atoms with E-state index in [1.807, 2.05) is 37.3 Å². The SMILES string of the molecule is Cc1nnc(-c2c(OCc3ccccc3)cc(Cl)nc2C)o1. The number of benzene rings is 1. The van der Waals surface area contributed by atoms with Gasteiger partial charge in [0.25, 0.3) is 5.89 Å². The Balaban J connectivity index is 1.95. The second-order valence-electron chi connectivity index (χ2n) is 4.80. The zero-order chi connectivity index (χ0) is 15.5. The molecule has 0 spiro atoms. The summed E-state index contributed by atoms with van der Waals surface area (Å²) in [5.41, 5.74) is 2.40. The number of ether oxygens (including phenoxy) is 1. The Kier molecular flexibility index (Phi) is 4.06. The van der Waals surface area contributed by atoms with E-state index in [4.69, 9.17) is 20.8 Å². The summed E-state index contributed by atoms with van der Waals surface area (Å²) in [5.74, 6) is 1.44. The molecule has 0 aliphatic rings. The van der Waals surface area contributed by atoms with Crippen LogP contribution in [0.4, 0.5) is 0 Å². The van der Waals surface area contributed by atoms with Crippen LogP contribution in [0, 0.1) is 13.8 Å². The fourth-order valence-electron chi connectivity index (χ4n) is 2.11. The Morgan fingerprint density at radius 1 is 1.14 bits per heavy atom. The topological polar surface area (TPSA) is 61.0 Å². The molecular weight excluding hydrogens is 302 g/mol. The number of halogens is 1. The van der Waals surface area contributed by atoms with Crippen molar-refractivity contribution in [1.29, 1.82) is 0 Å². The fourth-order valence-corrected chi connectivity index (χ4v) is 2.34. The highest BCUT2D eigenvalue weighted by Gasteiger charge is 2.18. The molecule has 3 aromatic rings. The van der Waals surface area contributed by atoms with E-state index in [9.17, 15) is 0 Å². The number of hydrogen-bond donors (Lipinski definition) is 0. The standard InChI is InChI=1S/C16H14ClN3O2/c1-10-15(16-20-19-11(2)22-16)13(8-14(17)18-10)21-9-12-6-4-3-5-7-12/h3-8H,9H2,1-2H3. The number of aromatic nitrogens is 3. The molecule has 2 aromatic heterocycles. The Morgan fingerprint density at radius 2 is 1.91 bits per heavy atom. The van der Waals surface area contributed by atoms with Crippen LogP contribution in [-0.4, -0.2) is 15.2 Å². The van der Waals surface area contributed by atoms with Crippen molar-refractivity contribution in [1.82, 2.24) is 15.2 Å². The average Bonchev–Trinajstić information content (AvgIpc) is 2.91. The smallest absolute Gasteiger partial charge is 0.253 e. The lowest BCUT2D eigenvalue weighted by Gasteiger charge is -2.11. The van der Waals surface area contributed by atoms with E-state index in [1.54, 1.807) is 13.0 Å². The molecule has 0 radical (unpaired) electrons. The van der Waals surface area contributed by atoms with Gasteiger partial charge < -0.3 is 9.15 Å². The zero-order valence-electron chi connectivity index (χ0n) is 12.2. The molecule has 1 aromatic carbocycles. The molecule has 0 fully saturated rings. The maximum atomic E-state index is 6.04. The van der Waals surface area contributed by atoms with Crippen LogP contribution in [0.3, 0.4) is 0 Å². The Hall–Kier alpha value is -2.40. The Bertz CT molecular complexity index is 787. The van der Waals surface area contributed by atoms with E-state index in [2.05, 4.69) is 15.2 Å². The minimum absolute atomic E-state index is 0.362. The van der Waals surface area contributed by atoms with Crippen molar-refractivity contribution < 1.29 is 9.15 Å². The second kappa shape index (κ2) is 6.15. The lowest BCUT2D eigenvalue weighted by atomic mass is 10.2. The van der Waals surface area contributed by atoms with Crippen LogP contribution in [-0.2, 0) is 6.61 Å². The van der Waals surface area contributed by atoms with Crippen molar-refractivity contribution in [3.8, 4) is 17.2 Å². The molecule has 0 atom stereocenters. The van der Waals surface area contributed by atoms with Gasteiger partial charge in [-0.15, -0.1) is 10.2 Å². The van der Waals surface area contributed by atoms with E-state index in [0.29, 0.717) is 40.5 Å². The highest BCUT2D eigenvalue weighted by molar-refractivity contribution is 6.29. The molecule has 0 N–H and O–H groups in total. The van der Waals surface area contributed by atoms with Gasteiger partial charge in [0, 0.05) is 13.0 Å². The predicted molar refractivity (Wildman–Crippen MR) is 82.8 cm³/mol. The molecule has 0 amide bonds. The number of aryl methyl sites for hydroxylation is 2. The quantitative estimate of drug-likeness (QED) is 0.681. The van der Waals surface area contributed by atoms with Gasteiger partial charge in [-0.25, -0.2) is 4.98 Å². The van der Waals surface area contributed by atoms with Crippen molar-refractivity contribution in [2.24, 2.45) is 0 Å². The number of pyridine rings is 1. The molecule has 6 heteroatoms. The minimum Gasteiger partial charge on any atom is -0.488 e. The number of hydrogen-bond acceptors (Lipinski definition) is 5. The highest BCUT2D eigenvalue weighted by atomic mass is 35.5. The van der Waals surface area contributed by atoms with Crippen molar-refractivity contribution in [3.05, 3.63) is 58.7 Å². The normalized spacial score (nSPS) is 10.7. The van der Waals surface area contributed by atoms with Gasteiger partial charge in [0.2, 0.25) is 5.89 Å². The van der Waals surface area contributed by atoms with Crippen molar-refractivity contribution in [3.63, 3.8) is 0 Å². The first kappa shape index (κ1) is 14.5. The maximum absolute atomic E-state index is 6.04.